The molecule has 3 N–H and O–H groups in total. The molecule has 1 heterocycles. The Hall–Kier alpha value is -0.450. The van der Waals surface area contributed by atoms with E-state index in [2.05, 4.69) is 22.6 Å². The van der Waals surface area contributed by atoms with Crippen LogP contribution in [0.4, 0.5) is 0 Å². The average molecular weight is 267 g/mol. The van der Waals surface area contributed by atoms with E-state index in [-0.39, 0.29) is 0 Å². The van der Waals surface area contributed by atoms with Crippen LogP contribution in [0.25, 0.3) is 0 Å². The summed E-state index contributed by atoms with van der Waals surface area (Å²) in [7, 11) is 0. The van der Waals surface area contributed by atoms with Gasteiger partial charge in [-0.2, -0.15) is 0 Å². The van der Waals surface area contributed by atoms with Crippen molar-refractivity contribution in [2.45, 2.75) is 38.5 Å². The molecular weight excluding hydrogens is 242 g/mol. The van der Waals surface area contributed by atoms with Crippen molar-refractivity contribution in [1.29, 1.82) is 0 Å². The van der Waals surface area contributed by atoms with Gasteiger partial charge in [0.05, 0.1) is 5.01 Å². The molecule has 1 saturated carbocycles. The second kappa shape index (κ2) is 7.22. The average Bonchev–Trinajstić information content (AvgIpc) is 2.93. The molecule has 1 aromatic heterocycles. The number of nitrogens with zero attached hydrogens (tertiary/aromatic N) is 1. The predicted octanol–water partition coefficient (Wildman–Crippen LogP) is 2.60. The van der Waals surface area contributed by atoms with E-state index in [1.165, 1.54) is 30.7 Å². The zero-order valence-electron chi connectivity index (χ0n) is 11.3. The highest BCUT2D eigenvalue weighted by Crippen LogP contribution is 2.27. The summed E-state index contributed by atoms with van der Waals surface area (Å²) in [6, 6.07) is 0. The fraction of sp³-hybridized carbons (Fsp3) is 0.786. The van der Waals surface area contributed by atoms with Gasteiger partial charge in [-0.15, -0.1) is 11.3 Å². The van der Waals surface area contributed by atoms with Crippen molar-refractivity contribution in [2.75, 3.05) is 19.6 Å². The molecule has 1 atom stereocenters. The van der Waals surface area contributed by atoms with E-state index in [4.69, 9.17) is 5.73 Å². The number of nitrogens with one attached hydrogen (secondary N) is 1. The lowest BCUT2D eigenvalue weighted by Crippen LogP contribution is -2.30. The summed E-state index contributed by atoms with van der Waals surface area (Å²) in [6.45, 7) is 5.33. The number of rotatable bonds is 6. The van der Waals surface area contributed by atoms with Crippen LogP contribution in [0.2, 0.25) is 0 Å². The van der Waals surface area contributed by atoms with Crippen molar-refractivity contribution in [3.8, 4) is 0 Å². The minimum Gasteiger partial charge on any atom is -0.330 e. The summed E-state index contributed by atoms with van der Waals surface area (Å²) >= 11 is 1.76. The van der Waals surface area contributed by atoms with Gasteiger partial charge in [0.25, 0.3) is 0 Å². The molecule has 2 rings (SSSR count). The number of nitrogens with two attached hydrogens (primary N) is 1. The molecule has 1 aliphatic rings. The number of hydrogen-bond donors (Lipinski definition) is 2. The molecule has 0 radical (unpaired) electrons. The first-order valence-corrected chi connectivity index (χ1v) is 7.97. The van der Waals surface area contributed by atoms with E-state index in [0.717, 1.165) is 31.5 Å². The van der Waals surface area contributed by atoms with Crippen LogP contribution >= 0.6 is 11.3 Å². The highest BCUT2D eigenvalue weighted by atomic mass is 32.1. The zero-order valence-corrected chi connectivity index (χ0v) is 12.1. The van der Waals surface area contributed by atoms with Gasteiger partial charge in [-0.05, 0) is 50.6 Å². The van der Waals surface area contributed by atoms with Crippen molar-refractivity contribution in [1.82, 2.24) is 10.3 Å². The van der Waals surface area contributed by atoms with Gasteiger partial charge in [0.2, 0.25) is 0 Å². The first-order chi connectivity index (χ1) is 8.79. The van der Waals surface area contributed by atoms with Crippen LogP contribution in [-0.2, 0) is 0 Å². The van der Waals surface area contributed by atoms with Crippen LogP contribution in [-0.4, -0.2) is 24.6 Å². The molecular formula is C14H25N3S. The van der Waals surface area contributed by atoms with E-state index >= 15 is 0 Å². The van der Waals surface area contributed by atoms with Crippen molar-refractivity contribution >= 4 is 11.3 Å². The fourth-order valence-corrected chi connectivity index (χ4v) is 3.44. The highest BCUT2D eigenvalue weighted by molar-refractivity contribution is 7.09. The molecule has 0 saturated heterocycles. The third kappa shape index (κ3) is 4.04. The van der Waals surface area contributed by atoms with Crippen LogP contribution in [0.1, 0.15) is 43.5 Å². The second-order valence-corrected chi connectivity index (χ2v) is 6.48. The molecule has 1 fully saturated rings. The van der Waals surface area contributed by atoms with Crippen LogP contribution in [0.15, 0.2) is 11.6 Å². The summed E-state index contributed by atoms with van der Waals surface area (Å²) in [4.78, 5) is 4.37. The molecule has 0 spiro atoms. The summed E-state index contributed by atoms with van der Waals surface area (Å²) in [5, 5.41) is 6.91. The minimum absolute atomic E-state index is 0.533. The maximum Gasteiger partial charge on any atom is 0.0965 e. The maximum absolute atomic E-state index is 5.72. The standard InChI is InChI=1S/C14H25N3S/c1-11(14-17-6-7-18-14)9-16-10-13-4-2-12(8-15)3-5-13/h6-7,11-13,16H,2-5,8-10,15H2,1H3. The molecule has 18 heavy (non-hydrogen) atoms. The van der Waals surface area contributed by atoms with Crippen LogP contribution < -0.4 is 11.1 Å². The Labute approximate surface area is 114 Å². The third-order valence-electron chi connectivity index (χ3n) is 4.06. The van der Waals surface area contributed by atoms with Crippen molar-refractivity contribution in [3.05, 3.63) is 16.6 Å². The SMILES string of the molecule is CC(CNCC1CCC(CN)CC1)c1nccs1. The molecule has 0 bridgehead atoms. The maximum atomic E-state index is 5.72. The van der Waals surface area contributed by atoms with E-state index in [1.54, 1.807) is 11.3 Å². The molecule has 1 unspecified atom stereocenters. The van der Waals surface area contributed by atoms with Gasteiger partial charge in [-0.3, -0.25) is 0 Å². The number of thiazole rings is 1. The van der Waals surface area contributed by atoms with Gasteiger partial charge in [0.1, 0.15) is 0 Å². The molecule has 0 aliphatic heterocycles. The fourth-order valence-electron chi connectivity index (χ4n) is 2.74. The van der Waals surface area contributed by atoms with E-state index in [1.807, 2.05) is 6.20 Å². The van der Waals surface area contributed by atoms with Gasteiger partial charge in [-0.25, -0.2) is 4.98 Å². The molecule has 0 aromatic carbocycles. The first-order valence-electron chi connectivity index (χ1n) is 7.09. The van der Waals surface area contributed by atoms with E-state index in [9.17, 15) is 0 Å². The normalized spacial score (nSPS) is 26.1. The highest BCUT2D eigenvalue weighted by Gasteiger charge is 2.20. The molecule has 3 nitrogen and oxygen atoms in total. The topological polar surface area (TPSA) is 50.9 Å². The molecule has 102 valence electrons. The quantitative estimate of drug-likeness (QED) is 0.833. The Morgan fingerprint density at radius 3 is 2.72 bits per heavy atom. The molecule has 1 aliphatic carbocycles. The summed E-state index contributed by atoms with van der Waals surface area (Å²) in [5.74, 6) is 2.18. The van der Waals surface area contributed by atoms with Gasteiger partial charge in [-0.1, -0.05) is 6.92 Å². The Kier molecular flexibility index (Phi) is 5.60. The lowest BCUT2D eigenvalue weighted by molar-refractivity contribution is 0.271. The zero-order chi connectivity index (χ0) is 12.8. The number of aromatic nitrogens is 1. The smallest absolute Gasteiger partial charge is 0.0965 e. The predicted molar refractivity (Wildman–Crippen MR) is 77.9 cm³/mol. The van der Waals surface area contributed by atoms with Gasteiger partial charge < -0.3 is 11.1 Å². The minimum atomic E-state index is 0.533. The monoisotopic (exact) mass is 267 g/mol. The second-order valence-electron chi connectivity index (χ2n) is 5.55. The van der Waals surface area contributed by atoms with Crippen molar-refractivity contribution < 1.29 is 0 Å². The van der Waals surface area contributed by atoms with E-state index < -0.39 is 0 Å². The summed E-state index contributed by atoms with van der Waals surface area (Å²) < 4.78 is 0. The largest absolute Gasteiger partial charge is 0.330 e. The molecule has 0 amide bonds. The molecule has 4 heteroatoms. The van der Waals surface area contributed by atoms with Gasteiger partial charge in [0.15, 0.2) is 0 Å². The Bertz CT molecular complexity index is 318. The summed E-state index contributed by atoms with van der Waals surface area (Å²) in [5.41, 5.74) is 5.72. The van der Waals surface area contributed by atoms with Crippen LogP contribution in [0.3, 0.4) is 0 Å². The Morgan fingerprint density at radius 1 is 1.39 bits per heavy atom. The summed E-state index contributed by atoms with van der Waals surface area (Å²) in [6.07, 6.45) is 7.24. The van der Waals surface area contributed by atoms with Gasteiger partial charge >= 0.3 is 0 Å². The van der Waals surface area contributed by atoms with Crippen molar-refractivity contribution in [2.24, 2.45) is 17.6 Å². The van der Waals surface area contributed by atoms with Crippen LogP contribution in [0.5, 0.6) is 0 Å². The first kappa shape index (κ1) is 14.0. The number of hydrogen-bond acceptors (Lipinski definition) is 4. The Morgan fingerprint density at radius 2 is 2.11 bits per heavy atom. The van der Waals surface area contributed by atoms with Gasteiger partial charge in [0, 0.05) is 24.0 Å². The van der Waals surface area contributed by atoms with E-state index in [0.29, 0.717) is 5.92 Å². The van der Waals surface area contributed by atoms with Crippen LogP contribution in [0, 0.1) is 11.8 Å². The molecule has 1 aromatic rings. The lowest BCUT2D eigenvalue weighted by Gasteiger charge is -2.28. The third-order valence-corrected chi connectivity index (χ3v) is 5.06. The Balaban J connectivity index is 1.61. The lowest BCUT2D eigenvalue weighted by atomic mass is 9.82. The van der Waals surface area contributed by atoms with Crippen molar-refractivity contribution in [3.63, 3.8) is 0 Å².